The van der Waals surface area contributed by atoms with Crippen molar-refractivity contribution in [3.8, 4) is 0 Å². The summed E-state index contributed by atoms with van der Waals surface area (Å²) in [4.78, 5) is 19.2. The minimum Gasteiger partial charge on any atom is -0.462 e. The van der Waals surface area contributed by atoms with Gasteiger partial charge in [0.05, 0.1) is 9.77 Å². The highest BCUT2D eigenvalue weighted by Crippen LogP contribution is 2.32. The zero-order chi connectivity index (χ0) is 15.3. The van der Waals surface area contributed by atoms with E-state index in [4.69, 9.17) is 4.42 Å². The number of hydrogen-bond donors (Lipinski definition) is 1. The second-order valence-corrected chi connectivity index (χ2v) is 7.52. The molecule has 0 aromatic carbocycles. The van der Waals surface area contributed by atoms with Gasteiger partial charge in [-0.15, -0.1) is 0 Å². The van der Waals surface area contributed by atoms with Crippen LogP contribution in [0.4, 0.5) is 0 Å². The predicted molar refractivity (Wildman–Crippen MR) is 91.7 cm³/mol. The number of amides is 1. The van der Waals surface area contributed by atoms with Crippen LogP contribution in [0.25, 0.3) is 11.0 Å². The molecule has 4 atom stereocenters. The molecule has 2 aromatic heterocycles. The Morgan fingerprint density at radius 1 is 1.55 bits per heavy atom. The van der Waals surface area contributed by atoms with E-state index in [1.54, 1.807) is 12.5 Å². The molecule has 0 spiro atoms. The number of pyridine rings is 1. The minimum absolute atomic E-state index is 0.0784. The number of halogens is 1. The SMILES string of the molecule is CC1CC2CCN1CC2NC(=O)c1cc2c(I)coc2cn1. The van der Waals surface area contributed by atoms with Gasteiger partial charge in [-0.25, -0.2) is 4.98 Å². The Kier molecular flexibility index (Phi) is 3.60. The Morgan fingerprint density at radius 2 is 2.41 bits per heavy atom. The van der Waals surface area contributed by atoms with Gasteiger partial charge in [-0.2, -0.15) is 0 Å². The zero-order valence-corrected chi connectivity index (χ0v) is 14.5. The first-order valence-corrected chi connectivity index (χ1v) is 8.77. The molecule has 1 N–H and O–H groups in total. The molecule has 2 aromatic rings. The van der Waals surface area contributed by atoms with Crippen molar-refractivity contribution in [2.24, 2.45) is 5.92 Å². The van der Waals surface area contributed by atoms with Crippen LogP contribution in [-0.2, 0) is 0 Å². The fourth-order valence-corrected chi connectivity index (χ4v) is 4.28. The van der Waals surface area contributed by atoms with E-state index in [0.717, 1.165) is 27.6 Å². The number of piperidine rings is 3. The molecular formula is C16H18IN3O2. The van der Waals surface area contributed by atoms with Crippen LogP contribution in [0.3, 0.4) is 0 Å². The molecule has 0 radical (unpaired) electrons. The normalized spacial score (nSPS) is 30.6. The molecule has 3 saturated heterocycles. The highest BCUT2D eigenvalue weighted by atomic mass is 127. The molecule has 0 aliphatic carbocycles. The van der Waals surface area contributed by atoms with Crippen molar-refractivity contribution in [2.75, 3.05) is 13.1 Å². The van der Waals surface area contributed by atoms with Gasteiger partial charge in [0.15, 0.2) is 5.58 Å². The van der Waals surface area contributed by atoms with Crippen LogP contribution in [0, 0.1) is 9.49 Å². The Hall–Kier alpha value is -1.15. The fraction of sp³-hybridized carbons (Fsp3) is 0.500. The van der Waals surface area contributed by atoms with Crippen molar-refractivity contribution in [1.82, 2.24) is 15.2 Å². The maximum Gasteiger partial charge on any atom is 0.270 e. The number of hydrogen-bond acceptors (Lipinski definition) is 4. The number of nitrogens with zero attached hydrogens (tertiary/aromatic N) is 2. The summed E-state index contributed by atoms with van der Waals surface area (Å²) in [5.74, 6) is 0.520. The number of aromatic nitrogens is 1. The number of nitrogens with one attached hydrogen (secondary N) is 1. The van der Waals surface area contributed by atoms with Gasteiger partial charge in [0.1, 0.15) is 12.0 Å². The predicted octanol–water partition coefficient (Wildman–Crippen LogP) is 2.64. The largest absolute Gasteiger partial charge is 0.462 e. The average molecular weight is 411 g/mol. The first kappa shape index (κ1) is 14.4. The first-order valence-electron chi connectivity index (χ1n) is 7.69. The van der Waals surface area contributed by atoms with Crippen molar-refractivity contribution in [3.05, 3.63) is 27.8 Å². The smallest absolute Gasteiger partial charge is 0.270 e. The minimum atomic E-state index is -0.0784. The molecule has 22 heavy (non-hydrogen) atoms. The maximum absolute atomic E-state index is 12.5. The second kappa shape index (κ2) is 5.49. The third-order valence-corrected chi connectivity index (χ3v) is 5.85. The Balaban J connectivity index is 1.53. The van der Waals surface area contributed by atoms with E-state index < -0.39 is 0 Å². The number of furan rings is 1. The summed E-state index contributed by atoms with van der Waals surface area (Å²) in [6, 6.07) is 2.71. The molecule has 1 amide bonds. The van der Waals surface area contributed by atoms with E-state index in [0.29, 0.717) is 17.7 Å². The van der Waals surface area contributed by atoms with E-state index >= 15 is 0 Å². The van der Waals surface area contributed by atoms with Crippen molar-refractivity contribution in [3.63, 3.8) is 0 Å². The van der Waals surface area contributed by atoms with E-state index in [2.05, 4.69) is 44.7 Å². The van der Waals surface area contributed by atoms with E-state index in [9.17, 15) is 4.79 Å². The molecule has 2 bridgehead atoms. The van der Waals surface area contributed by atoms with Gasteiger partial charge in [-0.1, -0.05) is 0 Å². The van der Waals surface area contributed by atoms with Crippen LogP contribution in [0.2, 0.25) is 0 Å². The van der Waals surface area contributed by atoms with Crippen LogP contribution in [0.1, 0.15) is 30.3 Å². The summed E-state index contributed by atoms with van der Waals surface area (Å²) in [6.45, 7) is 4.40. The first-order chi connectivity index (χ1) is 10.6. The quantitative estimate of drug-likeness (QED) is 0.773. The zero-order valence-electron chi connectivity index (χ0n) is 12.4. The molecule has 3 aliphatic rings. The van der Waals surface area contributed by atoms with Crippen LogP contribution < -0.4 is 5.32 Å². The average Bonchev–Trinajstić information content (AvgIpc) is 2.89. The number of rotatable bonds is 2. The summed E-state index contributed by atoms with van der Waals surface area (Å²) in [5, 5.41) is 4.13. The Labute approximate surface area is 142 Å². The van der Waals surface area contributed by atoms with Gasteiger partial charge < -0.3 is 9.73 Å². The van der Waals surface area contributed by atoms with Crippen molar-refractivity contribution >= 4 is 39.5 Å². The van der Waals surface area contributed by atoms with Crippen LogP contribution >= 0.6 is 22.6 Å². The lowest BCUT2D eigenvalue weighted by molar-refractivity contribution is 0.0273. The lowest BCUT2D eigenvalue weighted by Gasteiger charge is -2.48. The topological polar surface area (TPSA) is 58.4 Å². The van der Waals surface area contributed by atoms with Crippen LogP contribution in [0.5, 0.6) is 0 Å². The molecule has 3 fully saturated rings. The maximum atomic E-state index is 12.5. The summed E-state index contributed by atoms with van der Waals surface area (Å²) in [5.41, 5.74) is 1.19. The molecule has 116 valence electrons. The summed E-state index contributed by atoms with van der Waals surface area (Å²) in [6.07, 6.45) is 5.67. The number of carbonyl (C=O) groups excluding carboxylic acids is 1. The third-order valence-electron chi connectivity index (χ3n) is 5.02. The van der Waals surface area contributed by atoms with E-state index in [1.807, 2.05) is 6.07 Å². The Bertz CT molecular complexity index is 729. The molecule has 5 nitrogen and oxygen atoms in total. The molecular weight excluding hydrogens is 393 g/mol. The van der Waals surface area contributed by atoms with Gasteiger partial charge in [0.2, 0.25) is 0 Å². The van der Waals surface area contributed by atoms with Gasteiger partial charge in [0, 0.05) is 24.0 Å². The molecule has 6 heteroatoms. The molecule has 4 unspecified atom stereocenters. The van der Waals surface area contributed by atoms with Gasteiger partial charge >= 0.3 is 0 Å². The lowest BCUT2D eigenvalue weighted by atomic mass is 9.80. The highest BCUT2D eigenvalue weighted by molar-refractivity contribution is 14.1. The molecule has 3 aliphatic heterocycles. The monoisotopic (exact) mass is 411 g/mol. The lowest BCUT2D eigenvalue weighted by Crippen LogP contribution is -2.60. The number of fused-ring (bicyclic) bond motifs is 4. The summed E-state index contributed by atoms with van der Waals surface area (Å²) in [7, 11) is 0. The summed E-state index contributed by atoms with van der Waals surface area (Å²) < 4.78 is 6.38. The highest BCUT2D eigenvalue weighted by Gasteiger charge is 2.38. The third kappa shape index (κ3) is 2.42. The van der Waals surface area contributed by atoms with E-state index in [-0.39, 0.29) is 11.9 Å². The van der Waals surface area contributed by atoms with Crippen LogP contribution in [0.15, 0.2) is 22.9 Å². The van der Waals surface area contributed by atoms with Crippen LogP contribution in [-0.4, -0.2) is 41.0 Å². The standard InChI is InChI=1S/C16H18IN3O2/c1-9-4-10-2-3-20(9)7-14(10)19-16(21)13-5-11-12(17)8-22-15(11)6-18-13/h5-6,8-10,14H,2-4,7H2,1H3,(H,19,21). The number of carbonyl (C=O) groups is 1. The fourth-order valence-electron chi connectivity index (χ4n) is 3.73. The summed E-state index contributed by atoms with van der Waals surface area (Å²) >= 11 is 2.21. The molecule has 5 heterocycles. The van der Waals surface area contributed by atoms with Gasteiger partial charge in [-0.05, 0) is 60.9 Å². The van der Waals surface area contributed by atoms with Crippen molar-refractivity contribution < 1.29 is 9.21 Å². The van der Waals surface area contributed by atoms with Gasteiger partial charge in [0.25, 0.3) is 5.91 Å². The van der Waals surface area contributed by atoms with E-state index in [1.165, 1.54) is 12.8 Å². The molecule has 5 rings (SSSR count). The molecule has 0 saturated carbocycles. The second-order valence-electron chi connectivity index (χ2n) is 6.36. The Morgan fingerprint density at radius 3 is 3.14 bits per heavy atom. The van der Waals surface area contributed by atoms with Crippen molar-refractivity contribution in [2.45, 2.75) is 31.8 Å². The van der Waals surface area contributed by atoms with Gasteiger partial charge in [-0.3, -0.25) is 9.69 Å². The van der Waals surface area contributed by atoms with Crippen molar-refractivity contribution in [1.29, 1.82) is 0 Å².